The molecule has 1 aliphatic carbocycles. The number of nitrogens with one attached hydrogen (secondary N) is 2. The molecule has 34 heavy (non-hydrogen) atoms. The maximum Gasteiger partial charge on any atom is 0.279 e. The molecule has 10 heteroatoms. The highest BCUT2D eigenvalue weighted by Crippen LogP contribution is 2.37. The third-order valence-electron chi connectivity index (χ3n) is 6.75. The second-order valence-corrected chi connectivity index (χ2v) is 10.8. The van der Waals surface area contributed by atoms with Crippen molar-refractivity contribution in [3.05, 3.63) is 59.4 Å². The largest absolute Gasteiger partial charge is 0.507 e. The second-order valence-electron chi connectivity index (χ2n) is 9.02. The van der Waals surface area contributed by atoms with E-state index < -0.39 is 27.3 Å². The number of carbonyl (C=O) groups excluding carboxylic acids is 1. The van der Waals surface area contributed by atoms with Gasteiger partial charge in [0.05, 0.1) is 7.11 Å². The number of ether oxygens (including phenoxy) is 1. The average Bonchev–Trinajstić information content (AvgIpc) is 3.66. The maximum absolute atomic E-state index is 14.1. The van der Waals surface area contributed by atoms with Gasteiger partial charge < -0.3 is 15.2 Å². The summed E-state index contributed by atoms with van der Waals surface area (Å²) in [5, 5.41) is 13.1. The first-order valence-electron chi connectivity index (χ1n) is 11.4. The number of methoxy groups -OCH3 is 1. The Kier molecular flexibility index (Phi) is 7.11. The van der Waals surface area contributed by atoms with Crippen LogP contribution in [-0.2, 0) is 15.6 Å². The normalized spacial score (nSPS) is 18.4. The highest BCUT2D eigenvalue weighted by atomic mass is 32.2. The Labute approximate surface area is 199 Å². The number of halogens is 1. The minimum atomic E-state index is -3.60. The molecule has 1 heterocycles. The van der Waals surface area contributed by atoms with Crippen LogP contribution in [0.1, 0.15) is 41.6 Å². The van der Waals surface area contributed by atoms with Crippen molar-refractivity contribution in [1.82, 2.24) is 14.3 Å². The quantitative estimate of drug-likeness (QED) is 0.500. The molecule has 1 saturated carbocycles. The molecular formula is C24H30FN3O5S. The number of hydrogen-bond donors (Lipinski definition) is 3. The standard InChI is InChI=1S/C24H30FN3O5S/c1-33-21-7-3-6-20(29)22(21)23(30)26-16-24(18-4-2-5-19(25)14-18)10-12-28(13-11-24)34(31,32)27-15-17-8-9-17/h2-7,14,17,27,29H,8-13,15-16H2,1H3,(H,26,30). The number of carbonyl (C=O) groups is 1. The van der Waals surface area contributed by atoms with Gasteiger partial charge in [-0.05, 0) is 61.4 Å². The SMILES string of the molecule is COc1cccc(O)c1C(=O)NCC1(c2cccc(F)c2)CCN(S(=O)(=O)NCC2CC2)CC1. The fourth-order valence-electron chi connectivity index (χ4n) is 4.43. The molecule has 0 unspecified atom stereocenters. The Morgan fingerprint density at radius 2 is 1.91 bits per heavy atom. The molecule has 1 amide bonds. The molecule has 0 bridgehead atoms. The van der Waals surface area contributed by atoms with E-state index in [9.17, 15) is 22.7 Å². The Bertz CT molecular complexity index is 1150. The molecule has 0 atom stereocenters. The molecule has 3 N–H and O–H groups in total. The summed E-state index contributed by atoms with van der Waals surface area (Å²) >= 11 is 0. The van der Waals surface area contributed by atoms with E-state index in [4.69, 9.17) is 4.74 Å². The van der Waals surface area contributed by atoms with Gasteiger partial charge in [-0.25, -0.2) is 9.11 Å². The lowest BCUT2D eigenvalue weighted by Crippen LogP contribution is -2.52. The highest BCUT2D eigenvalue weighted by Gasteiger charge is 2.40. The number of benzene rings is 2. The van der Waals surface area contributed by atoms with E-state index in [0.717, 1.165) is 12.8 Å². The van der Waals surface area contributed by atoms with E-state index in [1.54, 1.807) is 24.3 Å². The van der Waals surface area contributed by atoms with Crippen molar-refractivity contribution in [3.8, 4) is 11.5 Å². The molecule has 2 fully saturated rings. The predicted molar refractivity (Wildman–Crippen MR) is 126 cm³/mol. The van der Waals surface area contributed by atoms with Gasteiger partial charge in [0.25, 0.3) is 16.1 Å². The fourth-order valence-corrected chi connectivity index (χ4v) is 5.72. The van der Waals surface area contributed by atoms with Crippen LogP contribution in [0.3, 0.4) is 0 Å². The summed E-state index contributed by atoms with van der Waals surface area (Å²) < 4.78 is 48.9. The van der Waals surface area contributed by atoms with Crippen LogP contribution in [0.2, 0.25) is 0 Å². The minimum absolute atomic E-state index is 0.0173. The first kappa shape index (κ1) is 24.4. The molecule has 0 spiro atoms. The molecule has 4 rings (SSSR count). The van der Waals surface area contributed by atoms with Crippen molar-refractivity contribution in [2.75, 3.05) is 33.3 Å². The molecule has 0 aromatic heterocycles. The van der Waals surface area contributed by atoms with E-state index in [-0.39, 0.29) is 36.7 Å². The number of hydrogen-bond acceptors (Lipinski definition) is 5. The van der Waals surface area contributed by atoms with Gasteiger partial charge in [0, 0.05) is 31.6 Å². The van der Waals surface area contributed by atoms with Gasteiger partial charge >= 0.3 is 0 Å². The molecule has 8 nitrogen and oxygen atoms in total. The molecule has 0 radical (unpaired) electrons. The lowest BCUT2D eigenvalue weighted by Gasteiger charge is -2.42. The smallest absolute Gasteiger partial charge is 0.279 e. The van der Waals surface area contributed by atoms with E-state index in [2.05, 4.69) is 10.0 Å². The maximum atomic E-state index is 14.1. The van der Waals surface area contributed by atoms with Crippen molar-refractivity contribution in [3.63, 3.8) is 0 Å². The Morgan fingerprint density at radius 3 is 2.56 bits per heavy atom. The van der Waals surface area contributed by atoms with Crippen LogP contribution in [0, 0.1) is 11.7 Å². The van der Waals surface area contributed by atoms with Crippen LogP contribution >= 0.6 is 0 Å². The third kappa shape index (κ3) is 5.34. The van der Waals surface area contributed by atoms with Crippen LogP contribution < -0.4 is 14.8 Å². The number of nitrogens with zero attached hydrogens (tertiary/aromatic N) is 1. The molecule has 2 aromatic rings. The summed E-state index contributed by atoms with van der Waals surface area (Å²) in [5.41, 5.74) is 0.0430. The minimum Gasteiger partial charge on any atom is -0.507 e. The van der Waals surface area contributed by atoms with Gasteiger partial charge in [-0.3, -0.25) is 4.79 Å². The summed E-state index contributed by atoms with van der Waals surface area (Å²) in [4.78, 5) is 13.0. The molecule has 2 aromatic carbocycles. The van der Waals surface area contributed by atoms with E-state index in [0.29, 0.717) is 30.9 Å². The first-order valence-corrected chi connectivity index (χ1v) is 12.8. The van der Waals surface area contributed by atoms with Crippen molar-refractivity contribution in [1.29, 1.82) is 0 Å². The van der Waals surface area contributed by atoms with Crippen LogP contribution in [0.4, 0.5) is 4.39 Å². The second kappa shape index (κ2) is 9.89. The van der Waals surface area contributed by atoms with Crippen molar-refractivity contribution < 1.29 is 27.4 Å². The number of phenolic OH excluding ortho intramolecular Hbond substituents is 1. The van der Waals surface area contributed by atoms with Gasteiger partial charge in [-0.2, -0.15) is 12.7 Å². The topological polar surface area (TPSA) is 108 Å². The number of aromatic hydroxyl groups is 1. The van der Waals surface area contributed by atoms with Crippen molar-refractivity contribution >= 4 is 16.1 Å². The van der Waals surface area contributed by atoms with E-state index >= 15 is 0 Å². The zero-order valence-electron chi connectivity index (χ0n) is 19.1. The van der Waals surface area contributed by atoms with Gasteiger partial charge in [-0.1, -0.05) is 18.2 Å². The lowest BCUT2D eigenvalue weighted by molar-refractivity contribution is 0.0927. The molecule has 184 valence electrons. The lowest BCUT2D eigenvalue weighted by atomic mass is 9.73. The molecule has 2 aliphatic rings. The van der Waals surface area contributed by atoms with Crippen LogP contribution in [0.5, 0.6) is 11.5 Å². The van der Waals surface area contributed by atoms with Crippen molar-refractivity contribution in [2.24, 2.45) is 5.92 Å². The summed E-state index contributed by atoms with van der Waals surface area (Å²) in [6.45, 7) is 1.08. The third-order valence-corrected chi connectivity index (χ3v) is 8.32. The van der Waals surface area contributed by atoms with Gasteiger partial charge in [0.15, 0.2) is 0 Å². The fraction of sp³-hybridized carbons (Fsp3) is 0.458. The molecule has 1 saturated heterocycles. The summed E-state index contributed by atoms with van der Waals surface area (Å²) in [6.07, 6.45) is 2.90. The number of piperidine rings is 1. The number of rotatable bonds is 9. The Balaban J connectivity index is 1.52. The monoisotopic (exact) mass is 491 g/mol. The highest BCUT2D eigenvalue weighted by molar-refractivity contribution is 7.87. The summed E-state index contributed by atoms with van der Waals surface area (Å²) in [6, 6.07) is 10.7. The first-order chi connectivity index (χ1) is 16.2. The zero-order valence-corrected chi connectivity index (χ0v) is 19.9. The zero-order chi connectivity index (χ0) is 24.3. The summed E-state index contributed by atoms with van der Waals surface area (Å²) in [5.74, 6) is -0.467. The Morgan fingerprint density at radius 1 is 1.21 bits per heavy atom. The van der Waals surface area contributed by atoms with Crippen molar-refractivity contribution in [2.45, 2.75) is 31.1 Å². The van der Waals surface area contributed by atoms with E-state index in [1.807, 2.05) is 0 Å². The number of phenols is 1. The van der Waals surface area contributed by atoms with Gasteiger partial charge in [-0.15, -0.1) is 0 Å². The van der Waals surface area contributed by atoms with E-state index in [1.165, 1.54) is 29.6 Å². The van der Waals surface area contributed by atoms with Crippen LogP contribution in [-0.4, -0.2) is 57.0 Å². The van der Waals surface area contributed by atoms with Crippen LogP contribution in [0.15, 0.2) is 42.5 Å². The number of amides is 1. The van der Waals surface area contributed by atoms with Gasteiger partial charge in [0.1, 0.15) is 22.9 Å². The molecular weight excluding hydrogens is 461 g/mol. The Hall–Kier alpha value is -2.69. The predicted octanol–water partition coefficient (Wildman–Crippen LogP) is 2.55. The summed E-state index contributed by atoms with van der Waals surface area (Å²) in [7, 11) is -2.19. The molecule has 1 aliphatic heterocycles. The van der Waals surface area contributed by atoms with Crippen LogP contribution in [0.25, 0.3) is 0 Å². The van der Waals surface area contributed by atoms with Gasteiger partial charge in [0.2, 0.25) is 0 Å². The average molecular weight is 492 g/mol.